The number of hydrogen-bond acceptors (Lipinski definition) is 3. The lowest BCUT2D eigenvalue weighted by molar-refractivity contribution is 0.327. The van der Waals surface area contributed by atoms with E-state index in [1.807, 2.05) is 0 Å². The molecular formula is C10H2ClF5N2O. The van der Waals surface area contributed by atoms with Crippen LogP contribution in [0, 0.1) is 29.1 Å². The third-order valence-corrected chi connectivity index (χ3v) is 2.16. The van der Waals surface area contributed by atoms with E-state index in [-0.39, 0.29) is 5.28 Å². The van der Waals surface area contributed by atoms with Crippen LogP contribution >= 0.6 is 11.6 Å². The highest BCUT2D eigenvalue weighted by Crippen LogP contribution is 2.32. The van der Waals surface area contributed by atoms with Crippen molar-refractivity contribution in [1.29, 1.82) is 0 Å². The van der Waals surface area contributed by atoms with Gasteiger partial charge >= 0.3 is 0 Å². The first-order valence-electron chi connectivity index (χ1n) is 4.59. The second-order valence-corrected chi connectivity index (χ2v) is 3.50. The molecule has 2 rings (SSSR count). The summed E-state index contributed by atoms with van der Waals surface area (Å²) in [6.45, 7) is 0. The first-order chi connectivity index (χ1) is 8.91. The van der Waals surface area contributed by atoms with Gasteiger partial charge in [0.25, 0.3) is 0 Å². The minimum atomic E-state index is -2.27. The summed E-state index contributed by atoms with van der Waals surface area (Å²) in [6, 6.07) is 1.03. The molecule has 0 amide bonds. The molecule has 0 radical (unpaired) electrons. The number of hydrogen-bond donors (Lipinski definition) is 0. The highest BCUT2D eigenvalue weighted by Gasteiger charge is 2.27. The van der Waals surface area contributed by atoms with Gasteiger partial charge in [0.05, 0.1) is 0 Å². The van der Waals surface area contributed by atoms with Crippen LogP contribution in [-0.4, -0.2) is 9.97 Å². The monoisotopic (exact) mass is 296 g/mol. The van der Waals surface area contributed by atoms with Gasteiger partial charge in [0.15, 0.2) is 0 Å². The standard InChI is InChI=1S/C10H2ClF5N2O/c11-10-17-2-1-3(18-10)19-9-7(15)5(13)4(12)6(14)8(9)16/h1-2H. The molecule has 0 unspecified atom stereocenters. The topological polar surface area (TPSA) is 35.0 Å². The van der Waals surface area contributed by atoms with Gasteiger partial charge in [-0.2, -0.15) is 13.8 Å². The predicted octanol–water partition coefficient (Wildman–Crippen LogP) is 3.62. The Kier molecular flexibility index (Phi) is 3.52. The maximum atomic E-state index is 13.3. The van der Waals surface area contributed by atoms with Gasteiger partial charge in [-0.15, -0.1) is 0 Å². The fourth-order valence-corrected chi connectivity index (χ4v) is 1.30. The van der Waals surface area contributed by atoms with Crippen molar-refractivity contribution in [2.75, 3.05) is 0 Å². The van der Waals surface area contributed by atoms with Crippen LogP contribution in [0.1, 0.15) is 0 Å². The Hall–Kier alpha value is -1.96. The van der Waals surface area contributed by atoms with Crippen molar-refractivity contribution in [2.24, 2.45) is 0 Å². The van der Waals surface area contributed by atoms with E-state index in [2.05, 4.69) is 14.7 Å². The van der Waals surface area contributed by atoms with Crippen molar-refractivity contribution in [3.05, 3.63) is 46.6 Å². The van der Waals surface area contributed by atoms with Crippen molar-refractivity contribution < 1.29 is 26.7 Å². The zero-order chi connectivity index (χ0) is 14.2. The number of nitrogens with zero attached hydrogens (tertiary/aromatic N) is 2. The van der Waals surface area contributed by atoms with Crippen molar-refractivity contribution in [1.82, 2.24) is 9.97 Å². The van der Waals surface area contributed by atoms with E-state index in [1.54, 1.807) is 0 Å². The minimum Gasteiger partial charge on any atom is -0.432 e. The summed E-state index contributed by atoms with van der Waals surface area (Å²) in [5.41, 5.74) is 0. The van der Waals surface area contributed by atoms with Gasteiger partial charge in [-0.25, -0.2) is 18.2 Å². The van der Waals surface area contributed by atoms with Crippen molar-refractivity contribution in [3.8, 4) is 11.6 Å². The van der Waals surface area contributed by atoms with Gasteiger partial charge < -0.3 is 4.74 Å². The number of rotatable bonds is 2. The van der Waals surface area contributed by atoms with Gasteiger partial charge in [-0.05, 0) is 11.6 Å². The van der Waals surface area contributed by atoms with Gasteiger partial charge in [0, 0.05) is 12.3 Å². The average molecular weight is 297 g/mol. The highest BCUT2D eigenvalue weighted by molar-refractivity contribution is 6.28. The van der Waals surface area contributed by atoms with Crippen LogP contribution in [0.5, 0.6) is 11.6 Å². The number of aromatic nitrogens is 2. The Morgan fingerprint density at radius 1 is 0.895 bits per heavy atom. The molecule has 0 spiro atoms. The molecule has 1 aromatic carbocycles. The molecule has 0 bridgehead atoms. The predicted molar refractivity (Wildman–Crippen MR) is 53.3 cm³/mol. The molecular weight excluding hydrogens is 295 g/mol. The molecule has 0 saturated heterocycles. The Morgan fingerprint density at radius 3 is 1.95 bits per heavy atom. The highest BCUT2D eigenvalue weighted by atomic mass is 35.5. The summed E-state index contributed by atoms with van der Waals surface area (Å²) in [5, 5.41) is -0.318. The van der Waals surface area contributed by atoms with Crippen molar-refractivity contribution >= 4 is 11.6 Å². The quantitative estimate of drug-likeness (QED) is 0.367. The molecule has 0 saturated carbocycles. The SMILES string of the molecule is Fc1c(F)c(F)c(Oc2ccnc(Cl)n2)c(F)c1F. The first kappa shape index (κ1) is 13.5. The van der Waals surface area contributed by atoms with Gasteiger partial charge in [-0.3, -0.25) is 0 Å². The van der Waals surface area contributed by atoms with Crippen LogP contribution in [0.15, 0.2) is 12.3 Å². The maximum Gasteiger partial charge on any atom is 0.225 e. The van der Waals surface area contributed by atoms with Gasteiger partial charge in [-0.1, -0.05) is 0 Å². The normalized spacial score (nSPS) is 10.6. The first-order valence-corrected chi connectivity index (χ1v) is 4.97. The van der Waals surface area contributed by atoms with Crippen LogP contribution in [0.3, 0.4) is 0 Å². The summed E-state index contributed by atoms with van der Waals surface area (Å²) in [6.07, 6.45) is 1.08. The molecule has 0 N–H and O–H groups in total. The molecule has 9 heteroatoms. The summed E-state index contributed by atoms with van der Waals surface area (Å²) in [7, 11) is 0. The molecule has 100 valence electrons. The van der Waals surface area contributed by atoms with E-state index < -0.39 is 40.7 Å². The van der Waals surface area contributed by atoms with E-state index in [4.69, 9.17) is 11.6 Å². The number of benzene rings is 1. The van der Waals surface area contributed by atoms with Crippen LogP contribution in [0.2, 0.25) is 5.28 Å². The molecule has 1 heterocycles. The molecule has 2 aromatic rings. The lowest BCUT2D eigenvalue weighted by atomic mass is 10.2. The summed E-state index contributed by atoms with van der Waals surface area (Å²) >= 11 is 5.38. The molecule has 0 aliphatic heterocycles. The minimum absolute atomic E-state index is 0.318. The van der Waals surface area contributed by atoms with E-state index in [0.29, 0.717) is 0 Å². The summed E-state index contributed by atoms with van der Waals surface area (Å²) in [5.74, 6) is -12.7. The number of ether oxygens (including phenoxy) is 1. The Balaban J connectivity index is 2.52. The molecule has 3 nitrogen and oxygen atoms in total. The lowest BCUT2D eigenvalue weighted by Crippen LogP contribution is -2.04. The third kappa shape index (κ3) is 2.43. The molecule has 0 atom stereocenters. The molecule has 19 heavy (non-hydrogen) atoms. The summed E-state index contributed by atoms with van der Waals surface area (Å²) < 4.78 is 69.6. The van der Waals surface area contributed by atoms with E-state index in [0.717, 1.165) is 12.3 Å². The second kappa shape index (κ2) is 4.96. The Morgan fingerprint density at radius 2 is 1.42 bits per heavy atom. The number of halogens is 6. The fraction of sp³-hybridized carbons (Fsp3) is 0. The smallest absolute Gasteiger partial charge is 0.225 e. The zero-order valence-corrected chi connectivity index (χ0v) is 9.48. The molecule has 0 fully saturated rings. The van der Waals surface area contributed by atoms with Crippen LogP contribution < -0.4 is 4.74 Å². The Bertz CT molecular complexity index is 623. The van der Waals surface area contributed by atoms with E-state index in [9.17, 15) is 22.0 Å². The van der Waals surface area contributed by atoms with E-state index >= 15 is 0 Å². The van der Waals surface area contributed by atoms with Crippen molar-refractivity contribution in [2.45, 2.75) is 0 Å². The van der Waals surface area contributed by atoms with Gasteiger partial charge in [0.2, 0.25) is 46.0 Å². The van der Waals surface area contributed by atoms with Crippen LogP contribution in [0.4, 0.5) is 22.0 Å². The lowest BCUT2D eigenvalue weighted by Gasteiger charge is -2.08. The van der Waals surface area contributed by atoms with Crippen LogP contribution in [-0.2, 0) is 0 Å². The van der Waals surface area contributed by atoms with Crippen molar-refractivity contribution in [3.63, 3.8) is 0 Å². The molecule has 0 aliphatic rings. The summed E-state index contributed by atoms with van der Waals surface area (Å²) in [4.78, 5) is 6.85. The Labute approximate surface area is 107 Å². The average Bonchev–Trinajstić information content (AvgIpc) is 2.39. The molecule has 0 aliphatic carbocycles. The van der Waals surface area contributed by atoms with E-state index in [1.165, 1.54) is 0 Å². The second-order valence-electron chi connectivity index (χ2n) is 3.17. The third-order valence-electron chi connectivity index (χ3n) is 1.98. The zero-order valence-electron chi connectivity index (χ0n) is 8.73. The van der Waals surface area contributed by atoms with Crippen LogP contribution in [0.25, 0.3) is 0 Å². The fourth-order valence-electron chi connectivity index (χ4n) is 1.16. The maximum absolute atomic E-state index is 13.3. The van der Waals surface area contributed by atoms with Gasteiger partial charge in [0.1, 0.15) is 0 Å². The molecule has 1 aromatic heterocycles. The largest absolute Gasteiger partial charge is 0.432 e.